The van der Waals surface area contributed by atoms with Gasteiger partial charge in [-0.05, 0) is 19.4 Å². The molecule has 16 heavy (non-hydrogen) atoms. The molecular formula is C13H29N3. The van der Waals surface area contributed by atoms with Crippen molar-refractivity contribution >= 4 is 0 Å². The lowest BCUT2D eigenvalue weighted by Gasteiger charge is -2.36. The first-order valence-corrected chi connectivity index (χ1v) is 6.80. The summed E-state index contributed by atoms with van der Waals surface area (Å²) in [6, 6.07) is 0.627. The monoisotopic (exact) mass is 227 g/mol. The summed E-state index contributed by atoms with van der Waals surface area (Å²) >= 11 is 0. The predicted molar refractivity (Wildman–Crippen MR) is 70.9 cm³/mol. The van der Waals surface area contributed by atoms with Gasteiger partial charge in [0.1, 0.15) is 0 Å². The second-order valence-corrected chi connectivity index (χ2v) is 5.45. The Morgan fingerprint density at radius 1 is 0.938 bits per heavy atom. The van der Waals surface area contributed by atoms with Crippen LogP contribution in [-0.2, 0) is 0 Å². The van der Waals surface area contributed by atoms with Crippen LogP contribution in [0.15, 0.2) is 0 Å². The van der Waals surface area contributed by atoms with Crippen molar-refractivity contribution in [2.75, 3.05) is 45.8 Å². The van der Waals surface area contributed by atoms with Gasteiger partial charge in [-0.1, -0.05) is 20.8 Å². The molecule has 3 nitrogen and oxygen atoms in total. The fraction of sp³-hybridized carbons (Fsp3) is 1.00. The van der Waals surface area contributed by atoms with E-state index in [-0.39, 0.29) is 0 Å². The van der Waals surface area contributed by atoms with Crippen LogP contribution in [-0.4, -0.2) is 61.7 Å². The van der Waals surface area contributed by atoms with Crippen LogP contribution < -0.4 is 5.32 Å². The van der Waals surface area contributed by atoms with Crippen molar-refractivity contribution in [3.63, 3.8) is 0 Å². The third-order valence-corrected chi connectivity index (χ3v) is 3.17. The van der Waals surface area contributed by atoms with Gasteiger partial charge in [0.05, 0.1) is 0 Å². The normalized spacial score (nSPS) is 21.6. The summed E-state index contributed by atoms with van der Waals surface area (Å²) in [5.41, 5.74) is 0. The Labute approximate surface area is 101 Å². The number of nitrogens with zero attached hydrogens (tertiary/aromatic N) is 2. The van der Waals surface area contributed by atoms with Crippen LogP contribution in [0.5, 0.6) is 0 Å². The molecule has 1 unspecified atom stereocenters. The summed E-state index contributed by atoms with van der Waals surface area (Å²) in [6.45, 7) is 17.6. The topological polar surface area (TPSA) is 18.5 Å². The Morgan fingerprint density at radius 2 is 1.44 bits per heavy atom. The first-order chi connectivity index (χ1) is 7.61. The Kier molecular flexibility index (Phi) is 6.32. The van der Waals surface area contributed by atoms with Gasteiger partial charge >= 0.3 is 0 Å². The van der Waals surface area contributed by atoms with E-state index in [0.717, 1.165) is 12.5 Å². The molecule has 0 aromatic heterocycles. The number of likely N-dealkylation sites (N-methyl/N-ethyl adjacent to an activating group) is 1. The zero-order chi connectivity index (χ0) is 12.0. The standard InChI is InChI=1S/C13H29N3/c1-5-14-13(4)11-16-8-6-15(7-9-16)10-12(2)3/h12-14H,5-11H2,1-4H3. The molecule has 0 aliphatic carbocycles. The molecule has 0 spiro atoms. The van der Waals surface area contributed by atoms with Gasteiger partial charge in [0, 0.05) is 45.3 Å². The summed E-state index contributed by atoms with van der Waals surface area (Å²) < 4.78 is 0. The number of piperazine rings is 1. The number of nitrogens with one attached hydrogen (secondary N) is 1. The highest BCUT2D eigenvalue weighted by Crippen LogP contribution is 2.05. The van der Waals surface area contributed by atoms with Gasteiger partial charge in [0.15, 0.2) is 0 Å². The van der Waals surface area contributed by atoms with Crippen molar-refractivity contribution in [2.24, 2.45) is 5.92 Å². The molecule has 0 aromatic carbocycles. The van der Waals surface area contributed by atoms with Gasteiger partial charge in [0.2, 0.25) is 0 Å². The molecular weight excluding hydrogens is 198 g/mol. The lowest BCUT2D eigenvalue weighted by molar-refractivity contribution is 0.116. The van der Waals surface area contributed by atoms with Crippen molar-refractivity contribution in [2.45, 2.75) is 33.7 Å². The SMILES string of the molecule is CCNC(C)CN1CCN(CC(C)C)CC1. The molecule has 3 heteroatoms. The Balaban J connectivity index is 2.16. The van der Waals surface area contributed by atoms with E-state index in [2.05, 4.69) is 42.8 Å². The van der Waals surface area contributed by atoms with Crippen LogP contribution in [0, 0.1) is 5.92 Å². The molecule has 1 aliphatic heterocycles. The summed E-state index contributed by atoms with van der Waals surface area (Å²) in [5, 5.41) is 3.48. The highest BCUT2D eigenvalue weighted by molar-refractivity contribution is 4.75. The van der Waals surface area contributed by atoms with E-state index in [1.165, 1.54) is 39.3 Å². The highest BCUT2D eigenvalue weighted by atomic mass is 15.3. The van der Waals surface area contributed by atoms with E-state index < -0.39 is 0 Å². The third-order valence-electron chi connectivity index (χ3n) is 3.17. The van der Waals surface area contributed by atoms with E-state index in [9.17, 15) is 0 Å². The summed E-state index contributed by atoms with van der Waals surface area (Å²) in [7, 11) is 0. The maximum atomic E-state index is 3.48. The lowest BCUT2D eigenvalue weighted by atomic mass is 10.2. The maximum absolute atomic E-state index is 3.48. The molecule has 1 N–H and O–H groups in total. The largest absolute Gasteiger partial charge is 0.313 e. The van der Waals surface area contributed by atoms with Crippen LogP contribution in [0.25, 0.3) is 0 Å². The molecule has 0 bridgehead atoms. The average molecular weight is 227 g/mol. The minimum absolute atomic E-state index is 0.627. The Hall–Kier alpha value is -0.120. The van der Waals surface area contributed by atoms with Gasteiger partial charge in [-0.25, -0.2) is 0 Å². The minimum Gasteiger partial charge on any atom is -0.313 e. The quantitative estimate of drug-likeness (QED) is 0.737. The molecule has 0 radical (unpaired) electrons. The van der Waals surface area contributed by atoms with Crippen molar-refractivity contribution in [3.8, 4) is 0 Å². The molecule has 1 saturated heterocycles. The van der Waals surface area contributed by atoms with E-state index in [4.69, 9.17) is 0 Å². The third kappa shape index (κ3) is 5.28. The van der Waals surface area contributed by atoms with Gasteiger partial charge < -0.3 is 10.2 Å². The van der Waals surface area contributed by atoms with Gasteiger partial charge in [-0.15, -0.1) is 0 Å². The Morgan fingerprint density at radius 3 is 1.88 bits per heavy atom. The van der Waals surface area contributed by atoms with Crippen LogP contribution in [0.2, 0.25) is 0 Å². The van der Waals surface area contributed by atoms with Gasteiger partial charge in [0.25, 0.3) is 0 Å². The first-order valence-electron chi connectivity index (χ1n) is 6.80. The molecule has 1 atom stereocenters. The predicted octanol–water partition coefficient (Wildman–Crippen LogP) is 1.26. The van der Waals surface area contributed by atoms with Gasteiger partial charge in [-0.3, -0.25) is 4.90 Å². The van der Waals surface area contributed by atoms with Crippen LogP contribution in [0.1, 0.15) is 27.7 Å². The second-order valence-electron chi connectivity index (χ2n) is 5.45. The number of rotatable bonds is 6. The maximum Gasteiger partial charge on any atom is 0.0166 e. The van der Waals surface area contributed by atoms with Crippen molar-refractivity contribution in [1.29, 1.82) is 0 Å². The molecule has 1 aliphatic rings. The van der Waals surface area contributed by atoms with E-state index in [1.807, 2.05) is 0 Å². The summed E-state index contributed by atoms with van der Waals surface area (Å²) in [4.78, 5) is 5.18. The molecule has 96 valence electrons. The van der Waals surface area contributed by atoms with Crippen LogP contribution >= 0.6 is 0 Å². The molecule has 0 saturated carbocycles. The summed E-state index contributed by atoms with van der Waals surface area (Å²) in [5.74, 6) is 0.798. The van der Waals surface area contributed by atoms with E-state index in [0.29, 0.717) is 6.04 Å². The molecule has 1 rings (SSSR count). The van der Waals surface area contributed by atoms with Gasteiger partial charge in [-0.2, -0.15) is 0 Å². The lowest BCUT2D eigenvalue weighted by Crippen LogP contribution is -2.50. The van der Waals surface area contributed by atoms with Crippen molar-refractivity contribution in [3.05, 3.63) is 0 Å². The zero-order valence-corrected chi connectivity index (χ0v) is 11.5. The zero-order valence-electron chi connectivity index (χ0n) is 11.5. The second kappa shape index (κ2) is 7.25. The molecule has 1 fully saturated rings. The Bertz CT molecular complexity index is 174. The smallest absolute Gasteiger partial charge is 0.0166 e. The highest BCUT2D eigenvalue weighted by Gasteiger charge is 2.18. The average Bonchev–Trinajstić information content (AvgIpc) is 2.20. The molecule has 0 aromatic rings. The fourth-order valence-electron chi connectivity index (χ4n) is 2.47. The fourth-order valence-corrected chi connectivity index (χ4v) is 2.47. The van der Waals surface area contributed by atoms with E-state index in [1.54, 1.807) is 0 Å². The molecule has 1 heterocycles. The molecule has 0 amide bonds. The first kappa shape index (κ1) is 13.9. The van der Waals surface area contributed by atoms with Crippen molar-refractivity contribution in [1.82, 2.24) is 15.1 Å². The number of hydrogen-bond donors (Lipinski definition) is 1. The van der Waals surface area contributed by atoms with Crippen LogP contribution in [0.3, 0.4) is 0 Å². The van der Waals surface area contributed by atoms with E-state index >= 15 is 0 Å². The minimum atomic E-state index is 0.627. The summed E-state index contributed by atoms with van der Waals surface area (Å²) in [6.07, 6.45) is 0. The number of hydrogen-bond acceptors (Lipinski definition) is 3. The van der Waals surface area contributed by atoms with Crippen molar-refractivity contribution < 1.29 is 0 Å². The van der Waals surface area contributed by atoms with Crippen LogP contribution in [0.4, 0.5) is 0 Å².